The number of unbranched alkanes of at least 4 members (excludes halogenated alkanes) is 36. The summed E-state index contributed by atoms with van der Waals surface area (Å²) < 4.78 is 18.9. The second-order valence-electron chi connectivity index (χ2n) is 17.7. The Kier molecular flexibility index (Phi) is 53.7. The molecule has 0 radical (unpaired) electrons. The summed E-state index contributed by atoms with van der Waals surface area (Å²) in [5.41, 5.74) is 0. The van der Waals surface area contributed by atoms with Gasteiger partial charge in [0, 0.05) is 19.8 Å². The van der Waals surface area contributed by atoms with Crippen LogP contribution < -0.4 is 0 Å². The summed E-state index contributed by atoms with van der Waals surface area (Å²) in [6.07, 6.45) is 70.6. The molecule has 0 rings (SSSR count). The van der Waals surface area contributed by atoms with Crippen LogP contribution in [0.4, 0.5) is 0 Å². The van der Waals surface area contributed by atoms with E-state index in [4.69, 9.17) is 13.3 Å². The number of hydrogen-bond acceptors (Lipinski definition) is 3. The zero-order valence-corrected chi connectivity index (χ0v) is 41.2. The normalized spacial score (nSPS) is 12.7. The van der Waals surface area contributed by atoms with E-state index in [9.17, 15) is 0 Å². The second-order valence-corrected chi connectivity index (χ2v) is 19.3. The smallest absolute Gasteiger partial charge is 0.376 e. The van der Waals surface area contributed by atoms with E-state index in [0.29, 0.717) is 0 Å². The van der Waals surface area contributed by atoms with Gasteiger partial charge in [-0.3, -0.25) is 0 Å². The van der Waals surface area contributed by atoms with Gasteiger partial charge >= 0.3 is 9.53 Å². The van der Waals surface area contributed by atoms with Crippen molar-refractivity contribution in [3.05, 3.63) is 36.5 Å². The average molecular weight is 832 g/mol. The average Bonchev–Trinajstić information content (AvgIpc) is 3.23. The molecule has 0 aliphatic carbocycles. The van der Waals surface area contributed by atoms with Crippen molar-refractivity contribution < 1.29 is 13.3 Å². The van der Waals surface area contributed by atoms with Crippen LogP contribution in [-0.4, -0.2) is 29.3 Å². The summed E-state index contributed by atoms with van der Waals surface area (Å²) in [6.45, 7) is 9.30. The maximum Gasteiger partial charge on any atom is 0.484 e. The third-order valence-electron chi connectivity index (χ3n) is 11.7. The van der Waals surface area contributed by atoms with Crippen molar-refractivity contribution in [3.8, 4) is 0 Å². The molecule has 0 amide bonds. The van der Waals surface area contributed by atoms with Gasteiger partial charge in [0.25, 0.3) is 0 Å². The molecular formula is C54H106O3Si. The minimum absolute atomic E-state index is 0.804. The highest BCUT2D eigenvalue weighted by atomic mass is 28.3. The zero-order chi connectivity index (χ0) is 41.8. The molecule has 0 fully saturated rings. The number of hydrogen-bond donors (Lipinski definition) is 0. The lowest BCUT2D eigenvalue weighted by atomic mass is 10.1. The molecule has 0 N–H and O–H groups in total. The zero-order valence-electron chi connectivity index (χ0n) is 40.1. The summed E-state index contributed by atoms with van der Waals surface area (Å²) in [4.78, 5) is 0. The van der Waals surface area contributed by atoms with Gasteiger partial charge in [-0.15, -0.1) is 0 Å². The fraction of sp³-hybridized carbons (Fsp3) is 0.889. The van der Waals surface area contributed by atoms with Gasteiger partial charge in [0.15, 0.2) is 0 Å². The maximum atomic E-state index is 6.29. The van der Waals surface area contributed by atoms with Crippen LogP contribution in [0.3, 0.4) is 0 Å². The molecular weight excluding hydrogens is 725 g/mol. The molecule has 0 saturated heterocycles. The van der Waals surface area contributed by atoms with Crippen LogP contribution in [0.5, 0.6) is 0 Å². The number of allylic oxidation sites excluding steroid dienone is 6. The molecule has 0 aromatic carbocycles. The maximum absolute atomic E-state index is 6.29. The van der Waals surface area contributed by atoms with Gasteiger partial charge < -0.3 is 13.3 Å². The first-order chi connectivity index (χ1) is 28.8. The topological polar surface area (TPSA) is 27.7 Å². The van der Waals surface area contributed by atoms with Gasteiger partial charge in [-0.2, -0.15) is 0 Å². The van der Waals surface area contributed by atoms with E-state index in [1.807, 2.05) is 0 Å². The summed E-state index contributed by atoms with van der Waals surface area (Å²) in [6, 6.07) is 0. The summed E-state index contributed by atoms with van der Waals surface area (Å²) >= 11 is 0. The highest BCUT2D eigenvalue weighted by Crippen LogP contribution is 2.14. The van der Waals surface area contributed by atoms with E-state index in [0.717, 1.165) is 39.1 Å². The number of rotatable bonds is 51. The van der Waals surface area contributed by atoms with Gasteiger partial charge in [-0.1, -0.05) is 231 Å². The van der Waals surface area contributed by atoms with E-state index < -0.39 is 9.53 Å². The molecule has 344 valence electrons. The molecule has 0 aliphatic heterocycles. The van der Waals surface area contributed by atoms with Crippen LogP contribution >= 0.6 is 0 Å². The Hall–Kier alpha value is -0.683. The Morgan fingerprint density at radius 1 is 0.224 bits per heavy atom. The third-order valence-corrected chi connectivity index (χ3v) is 13.3. The Morgan fingerprint density at radius 2 is 0.397 bits per heavy atom. The van der Waals surface area contributed by atoms with Crippen molar-refractivity contribution in [3.63, 3.8) is 0 Å². The lowest BCUT2D eigenvalue weighted by Crippen LogP contribution is -2.28. The second kappa shape index (κ2) is 54.3. The highest BCUT2D eigenvalue weighted by molar-refractivity contribution is 6.36. The Bertz CT molecular complexity index is 705. The van der Waals surface area contributed by atoms with Crippen LogP contribution in [0, 0.1) is 0 Å². The van der Waals surface area contributed by atoms with E-state index in [1.54, 1.807) is 0 Å². The Morgan fingerprint density at radius 3 is 0.603 bits per heavy atom. The first-order valence-corrected chi connectivity index (χ1v) is 28.1. The highest BCUT2D eigenvalue weighted by Gasteiger charge is 2.15. The van der Waals surface area contributed by atoms with Gasteiger partial charge in [-0.05, 0) is 96.3 Å². The predicted molar refractivity (Wildman–Crippen MR) is 263 cm³/mol. The quantitative estimate of drug-likeness (QED) is 0.0347. The monoisotopic (exact) mass is 831 g/mol. The molecule has 4 heteroatoms. The molecule has 0 saturated carbocycles. The summed E-state index contributed by atoms with van der Waals surface area (Å²) in [7, 11) is -2.04. The standard InChI is InChI=1S/C54H106O3Si/c1-4-7-10-13-16-19-22-25-28-31-34-37-40-43-46-49-52-55-58(56-53-50-47-44-41-38-35-32-29-26-23-20-17-14-11-8-5-2)57-54-51-48-45-42-39-36-33-30-27-24-21-18-15-12-9-6-3/h25-30,58H,4-24,31-54H2,1-3H3. The summed E-state index contributed by atoms with van der Waals surface area (Å²) in [5.74, 6) is 0. The molecule has 0 heterocycles. The van der Waals surface area contributed by atoms with E-state index >= 15 is 0 Å². The van der Waals surface area contributed by atoms with Crippen molar-refractivity contribution >= 4 is 9.53 Å². The SMILES string of the molecule is CCCCCCCCC=CCCCCCCCCO[SiH](OCCCCCCCCC=CCCCCCCCC)OCCCCCCCCC=CCCCCCCCC. The van der Waals surface area contributed by atoms with Gasteiger partial charge in [0.2, 0.25) is 0 Å². The minimum Gasteiger partial charge on any atom is -0.376 e. The predicted octanol–water partition coefficient (Wildman–Crippen LogP) is 18.9. The molecule has 0 spiro atoms. The van der Waals surface area contributed by atoms with Crippen molar-refractivity contribution in [2.75, 3.05) is 19.8 Å². The van der Waals surface area contributed by atoms with Crippen molar-refractivity contribution in [2.24, 2.45) is 0 Å². The van der Waals surface area contributed by atoms with Gasteiger partial charge in [-0.25, -0.2) is 0 Å². The molecule has 0 aliphatic rings. The molecule has 0 aromatic rings. The molecule has 0 atom stereocenters. The van der Waals surface area contributed by atoms with Crippen LogP contribution in [0.25, 0.3) is 0 Å². The lowest BCUT2D eigenvalue weighted by Gasteiger charge is -2.17. The van der Waals surface area contributed by atoms with E-state index in [-0.39, 0.29) is 0 Å². The Balaban J connectivity index is 4.05. The van der Waals surface area contributed by atoms with Gasteiger partial charge in [0.1, 0.15) is 0 Å². The van der Waals surface area contributed by atoms with Crippen LogP contribution in [0.2, 0.25) is 0 Å². The van der Waals surface area contributed by atoms with Crippen LogP contribution in [-0.2, 0) is 13.3 Å². The Labute approximate surface area is 368 Å². The molecule has 3 nitrogen and oxygen atoms in total. The van der Waals surface area contributed by atoms with E-state index in [2.05, 4.69) is 57.2 Å². The summed E-state index contributed by atoms with van der Waals surface area (Å²) in [5, 5.41) is 0. The fourth-order valence-electron chi connectivity index (χ4n) is 7.73. The fourth-order valence-corrected chi connectivity index (χ4v) is 9.10. The molecule has 0 bridgehead atoms. The molecule has 0 aromatic heterocycles. The van der Waals surface area contributed by atoms with Crippen molar-refractivity contribution in [1.29, 1.82) is 0 Å². The van der Waals surface area contributed by atoms with Crippen molar-refractivity contribution in [2.45, 2.75) is 290 Å². The van der Waals surface area contributed by atoms with Gasteiger partial charge in [0.05, 0.1) is 0 Å². The third kappa shape index (κ3) is 51.5. The van der Waals surface area contributed by atoms with Crippen LogP contribution in [0.1, 0.15) is 290 Å². The first kappa shape index (κ1) is 57.3. The largest absolute Gasteiger partial charge is 0.484 e. The molecule has 58 heavy (non-hydrogen) atoms. The van der Waals surface area contributed by atoms with E-state index in [1.165, 1.54) is 250 Å². The van der Waals surface area contributed by atoms with Crippen LogP contribution in [0.15, 0.2) is 36.5 Å². The van der Waals surface area contributed by atoms with Crippen molar-refractivity contribution in [1.82, 2.24) is 0 Å². The first-order valence-electron chi connectivity index (χ1n) is 26.6. The molecule has 0 unspecified atom stereocenters. The lowest BCUT2D eigenvalue weighted by molar-refractivity contribution is 0.0885. The minimum atomic E-state index is -2.04.